The maximum Gasteiger partial charge on any atom is 0.256 e. The van der Waals surface area contributed by atoms with Gasteiger partial charge in [-0.15, -0.1) is 0 Å². The smallest absolute Gasteiger partial charge is 0.256 e. The van der Waals surface area contributed by atoms with Gasteiger partial charge in [-0.1, -0.05) is 0 Å². The number of carbonyl (C=O) groups excluding carboxylic acids is 1. The van der Waals surface area contributed by atoms with E-state index in [0.717, 1.165) is 16.6 Å². The minimum absolute atomic E-state index is 0.100. The summed E-state index contributed by atoms with van der Waals surface area (Å²) in [4.78, 5) is 12.0. The Bertz CT molecular complexity index is 716. The van der Waals surface area contributed by atoms with Gasteiger partial charge >= 0.3 is 0 Å². The molecule has 3 aromatic rings. The molecule has 0 aliphatic carbocycles. The van der Waals surface area contributed by atoms with E-state index in [1.165, 1.54) is 11.3 Å². The summed E-state index contributed by atoms with van der Waals surface area (Å²) < 4.78 is 0. The molecule has 0 fully saturated rings. The van der Waals surface area contributed by atoms with Crippen molar-refractivity contribution in [3.8, 4) is 0 Å². The maximum atomic E-state index is 12.0. The molecule has 0 aliphatic rings. The molecule has 0 unspecified atom stereocenters. The first-order chi connectivity index (χ1) is 8.74. The number of amides is 1. The van der Waals surface area contributed by atoms with Crippen LogP contribution in [0.3, 0.4) is 0 Å². The molecule has 5 nitrogen and oxygen atoms in total. The molecule has 0 aliphatic heterocycles. The lowest BCUT2D eigenvalue weighted by Gasteiger charge is -2.04. The van der Waals surface area contributed by atoms with Crippen LogP contribution in [0, 0.1) is 6.92 Å². The van der Waals surface area contributed by atoms with Gasteiger partial charge in [-0.3, -0.25) is 4.79 Å². The lowest BCUT2D eigenvalue weighted by atomic mass is 10.2. The Morgan fingerprint density at radius 1 is 1.28 bits per heavy atom. The number of anilines is 1. The third-order valence-electron chi connectivity index (χ3n) is 2.67. The maximum absolute atomic E-state index is 12.0. The highest BCUT2D eigenvalue weighted by molar-refractivity contribution is 7.08. The molecule has 0 saturated heterocycles. The van der Waals surface area contributed by atoms with Gasteiger partial charge in [0.15, 0.2) is 0 Å². The van der Waals surface area contributed by atoms with E-state index in [2.05, 4.69) is 20.7 Å². The number of hydrogen-bond acceptors (Lipinski definition) is 4. The summed E-state index contributed by atoms with van der Waals surface area (Å²) in [6, 6.07) is 5.41. The van der Waals surface area contributed by atoms with Gasteiger partial charge in [0.1, 0.15) is 11.0 Å². The molecule has 3 rings (SSSR count). The van der Waals surface area contributed by atoms with Crippen molar-refractivity contribution in [3.63, 3.8) is 0 Å². The van der Waals surface area contributed by atoms with Gasteiger partial charge < -0.3 is 5.32 Å². The molecular weight excluding hydrogens is 248 g/mol. The number of aromatic amines is 1. The normalized spacial score (nSPS) is 10.7. The van der Waals surface area contributed by atoms with Gasteiger partial charge in [0, 0.05) is 11.1 Å². The number of carbonyl (C=O) groups is 1. The first-order valence-electron chi connectivity index (χ1n) is 5.39. The number of fused-ring (bicyclic) bond motifs is 1. The van der Waals surface area contributed by atoms with Gasteiger partial charge in [-0.2, -0.15) is 26.7 Å². The van der Waals surface area contributed by atoms with E-state index >= 15 is 0 Å². The standard InChI is InChI=1S/C12H10N4OS/c1-7-5-18-6-9(7)12(17)13-8-2-3-10-11(4-8)15-16-14-10/h2-6H,1H3,(H,13,17)(H,14,15,16). The monoisotopic (exact) mass is 258 g/mol. The first-order valence-corrected chi connectivity index (χ1v) is 6.33. The minimum Gasteiger partial charge on any atom is -0.322 e. The molecule has 0 saturated carbocycles. The summed E-state index contributed by atoms with van der Waals surface area (Å²) in [6.07, 6.45) is 0. The van der Waals surface area contributed by atoms with Crippen LogP contribution in [0.25, 0.3) is 11.0 Å². The highest BCUT2D eigenvalue weighted by Crippen LogP contribution is 2.18. The van der Waals surface area contributed by atoms with Crippen molar-refractivity contribution < 1.29 is 4.79 Å². The molecular formula is C12H10N4OS. The summed E-state index contributed by atoms with van der Waals surface area (Å²) in [5.74, 6) is -0.100. The van der Waals surface area contributed by atoms with E-state index in [4.69, 9.17) is 0 Å². The first kappa shape index (κ1) is 10.9. The van der Waals surface area contributed by atoms with E-state index in [0.29, 0.717) is 11.3 Å². The highest BCUT2D eigenvalue weighted by Gasteiger charge is 2.10. The molecule has 90 valence electrons. The topological polar surface area (TPSA) is 70.7 Å². The predicted molar refractivity (Wildman–Crippen MR) is 70.9 cm³/mol. The number of hydrogen-bond donors (Lipinski definition) is 2. The van der Waals surface area contributed by atoms with Crippen molar-refractivity contribution in [3.05, 3.63) is 40.1 Å². The summed E-state index contributed by atoms with van der Waals surface area (Å²) in [5.41, 5.74) is 3.92. The summed E-state index contributed by atoms with van der Waals surface area (Å²) >= 11 is 1.52. The van der Waals surface area contributed by atoms with E-state index < -0.39 is 0 Å². The SMILES string of the molecule is Cc1cscc1C(=O)Nc1ccc2n[nH]nc2c1. The predicted octanol–water partition coefficient (Wildman–Crippen LogP) is 2.58. The number of nitrogens with one attached hydrogen (secondary N) is 2. The fourth-order valence-corrected chi connectivity index (χ4v) is 2.54. The number of benzene rings is 1. The van der Waals surface area contributed by atoms with Crippen LogP contribution in [0.1, 0.15) is 15.9 Å². The molecule has 0 atom stereocenters. The Kier molecular flexibility index (Phi) is 2.56. The van der Waals surface area contributed by atoms with Gasteiger partial charge in [0.25, 0.3) is 5.91 Å². The van der Waals surface area contributed by atoms with Crippen molar-refractivity contribution in [2.45, 2.75) is 6.92 Å². The quantitative estimate of drug-likeness (QED) is 0.742. The number of aryl methyl sites for hydroxylation is 1. The zero-order valence-corrected chi connectivity index (χ0v) is 10.4. The number of aromatic nitrogens is 3. The Balaban J connectivity index is 1.88. The molecule has 2 aromatic heterocycles. The molecule has 0 radical (unpaired) electrons. The fraction of sp³-hybridized carbons (Fsp3) is 0.0833. The van der Waals surface area contributed by atoms with Crippen LogP contribution in [0.15, 0.2) is 29.0 Å². The van der Waals surface area contributed by atoms with E-state index in [1.54, 1.807) is 6.07 Å². The average Bonchev–Trinajstić information content (AvgIpc) is 2.96. The van der Waals surface area contributed by atoms with Crippen LogP contribution in [-0.4, -0.2) is 21.3 Å². The van der Waals surface area contributed by atoms with Crippen molar-refractivity contribution >= 4 is 34.0 Å². The second-order valence-electron chi connectivity index (χ2n) is 3.95. The third-order valence-corrected chi connectivity index (χ3v) is 3.54. The molecule has 0 spiro atoms. The largest absolute Gasteiger partial charge is 0.322 e. The van der Waals surface area contributed by atoms with E-state index in [1.807, 2.05) is 29.8 Å². The van der Waals surface area contributed by atoms with Crippen molar-refractivity contribution in [2.75, 3.05) is 5.32 Å². The highest BCUT2D eigenvalue weighted by atomic mass is 32.1. The van der Waals surface area contributed by atoms with E-state index in [-0.39, 0.29) is 5.91 Å². The molecule has 18 heavy (non-hydrogen) atoms. The summed E-state index contributed by atoms with van der Waals surface area (Å²) in [5, 5.41) is 17.1. The van der Waals surface area contributed by atoms with Crippen LogP contribution in [-0.2, 0) is 0 Å². The van der Waals surface area contributed by atoms with Gasteiger partial charge in [0.2, 0.25) is 0 Å². The molecule has 2 heterocycles. The molecule has 0 bridgehead atoms. The average molecular weight is 258 g/mol. The van der Waals surface area contributed by atoms with E-state index in [9.17, 15) is 4.79 Å². The second kappa shape index (κ2) is 4.23. The van der Waals surface area contributed by atoms with Crippen LogP contribution in [0.5, 0.6) is 0 Å². The number of H-pyrrole nitrogens is 1. The van der Waals surface area contributed by atoms with Crippen LogP contribution < -0.4 is 5.32 Å². The number of rotatable bonds is 2. The zero-order valence-electron chi connectivity index (χ0n) is 9.60. The van der Waals surface area contributed by atoms with Gasteiger partial charge in [-0.05, 0) is 36.1 Å². The Morgan fingerprint density at radius 3 is 2.89 bits per heavy atom. The van der Waals surface area contributed by atoms with Crippen LogP contribution in [0.2, 0.25) is 0 Å². The molecule has 1 amide bonds. The molecule has 1 aromatic carbocycles. The summed E-state index contributed by atoms with van der Waals surface area (Å²) in [7, 11) is 0. The lowest BCUT2D eigenvalue weighted by molar-refractivity contribution is 0.102. The molecule has 6 heteroatoms. The van der Waals surface area contributed by atoms with Gasteiger partial charge in [0.05, 0.1) is 5.56 Å². The number of nitrogens with zero attached hydrogens (tertiary/aromatic N) is 2. The third kappa shape index (κ3) is 1.86. The summed E-state index contributed by atoms with van der Waals surface area (Å²) in [6.45, 7) is 1.92. The zero-order chi connectivity index (χ0) is 12.5. The van der Waals surface area contributed by atoms with Crippen molar-refractivity contribution in [1.82, 2.24) is 15.4 Å². The fourth-order valence-electron chi connectivity index (χ4n) is 1.71. The van der Waals surface area contributed by atoms with Crippen molar-refractivity contribution in [2.24, 2.45) is 0 Å². The number of thiophene rings is 1. The minimum atomic E-state index is -0.100. The Morgan fingerprint density at radius 2 is 2.11 bits per heavy atom. The lowest BCUT2D eigenvalue weighted by Crippen LogP contribution is -2.11. The van der Waals surface area contributed by atoms with Crippen LogP contribution in [0.4, 0.5) is 5.69 Å². The Labute approximate surface area is 107 Å². The van der Waals surface area contributed by atoms with Crippen LogP contribution >= 0.6 is 11.3 Å². The van der Waals surface area contributed by atoms with Crippen molar-refractivity contribution in [1.29, 1.82) is 0 Å². The second-order valence-corrected chi connectivity index (χ2v) is 4.69. The van der Waals surface area contributed by atoms with Gasteiger partial charge in [-0.25, -0.2) is 0 Å². The Hall–Kier alpha value is -2.21. The molecule has 2 N–H and O–H groups in total.